The van der Waals surface area contributed by atoms with E-state index in [1.54, 1.807) is 18.2 Å². The van der Waals surface area contributed by atoms with Gasteiger partial charge in [-0.2, -0.15) is 4.98 Å². The molecule has 0 unspecified atom stereocenters. The van der Waals surface area contributed by atoms with Crippen LogP contribution in [0.4, 0.5) is 11.4 Å². The Morgan fingerprint density at radius 1 is 1.36 bits per heavy atom. The van der Waals surface area contributed by atoms with Gasteiger partial charge in [0.2, 0.25) is 11.7 Å². The van der Waals surface area contributed by atoms with E-state index in [0.29, 0.717) is 23.2 Å². The van der Waals surface area contributed by atoms with E-state index in [-0.39, 0.29) is 12.2 Å². The lowest BCUT2D eigenvalue weighted by atomic mass is 10.2. The molecule has 112 valence electrons. The minimum atomic E-state index is -0.438. The molecule has 0 amide bonds. The zero-order valence-electron chi connectivity index (χ0n) is 11.6. The fraction of sp³-hybridized carbons (Fsp3) is 0.143. The Morgan fingerprint density at radius 3 is 2.95 bits per heavy atom. The first kappa shape index (κ1) is 13.8. The fourth-order valence-corrected chi connectivity index (χ4v) is 1.92. The van der Waals surface area contributed by atoms with E-state index >= 15 is 0 Å². The van der Waals surface area contributed by atoms with E-state index in [2.05, 4.69) is 15.5 Å². The molecular formula is C14H12N4O4. The number of non-ortho nitro benzene ring substituents is 1. The van der Waals surface area contributed by atoms with Crippen LogP contribution in [0.15, 0.2) is 45.5 Å². The number of aryl methyl sites for hydroxylation is 1. The van der Waals surface area contributed by atoms with Gasteiger partial charge in [0.25, 0.3) is 5.69 Å². The highest BCUT2D eigenvalue weighted by Crippen LogP contribution is 2.22. The van der Waals surface area contributed by atoms with Gasteiger partial charge >= 0.3 is 0 Å². The summed E-state index contributed by atoms with van der Waals surface area (Å²) >= 11 is 0. The van der Waals surface area contributed by atoms with E-state index in [0.717, 1.165) is 5.56 Å². The normalized spacial score (nSPS) is 10.6. The van der Waals surface area contributed by atoms with Crippen LogP contribution in [0, 0.1) is 17.0 Å². The number of nitro benzene ring substituents is 1. The molecule has 0 spiro atoms. The fourth-order valence-electron chi connectivity index (χ4n) is 1.92. The van der Waals surface area contributed by atoms with Crippen molar-refractivity contribution in [1.29, 1.82) is 0 Å². The smallest absolute Gasteiger partial charge is 0.271 e. The number of nitrogens with zero attached hydrogens (tertiary/aromatic N) is 3. The molecule has 0 fully saturated rings. The molecule has 0 aliphatic carbocycles. The molecule has 1 aromatic carbocycles. The molecule has 8 heteroatoms. The molecule has 0 atom stereocenters. The van der Waals surface area contributed by atoms with Crippen molar-refractivity contribution in [3.63, 3.8) is 0 Å². The van der Waals surface area contributed by atoms with Gasteiger partial charge in [-0.05, 0) is 24.6 Å². The van der Waals surface area contributed by atoms with Crippen LogP contribution in [-0.2, 0) is 6.54 Å². The van der Waals surface area contributed by atoms with E-state index < -0.39 is 4.92 Å². The van der Waals surface area contributed by atoms with Crippen molar-refractivity contribution in [2.24, 2.45) is 0 Å². The van der Waals surface area contributed by atoms with Gasteiger partial charge in [0.1, 0.15) is 0 Å². The summed E-state index contributed by atoms with van der Waals surface area (Å²) in [5, 5.41) is 17.7. The largest absolute Gasteiger partial charge is 0.461 e. The molecule has 0 aliphatic rings. The molecule has 3 rings (SSSR count). The molecule has 2 heterocycles. The maximum atomic E-state index is 10.8. The van der Waals surface area contributed by atoms with Crippen LogP contribution < -0.4 is 5.32 Å². The van der Waals surface area contributed by atoms with Crippen molar-refractivity contribution >= 4 is 11.4 Å². The summed E-state index contributed by atoms with van der Waals surface area (Å²) < 4.78 is 10.3. The first-order chi connectivity index (χ1) is 10.6. The van der Waals surface area contributed by atoms with E-state index in [1.165, 1.54) is 18.4 Å². The number of hydrogen-bond acceptors (Lipinski definition) is 7. The molecule has 0 aliphatic heterocycles. The zero-order chi connectivity index (χ0) is 15.5. The standard InChI is InChI=1S/C14H12N4O4/c1-9-4-5-10(18(19)20)7-11(9)15-8-13-16-14(17-22-13)12-3-2-6-21-12/h2-7,15H,8H2,1H3. The van der Waals surface area contributed by atoms with E-state index in [9.17, 15) is 10.1 Å². The van der Waals surface area contributed by atoms with E-state index in [1.807, 2.05) is 6.92 Å². The average molecular weight is 300 g/mol. The highest BCUT2D eigenvalue weighted by molar-refractivity contribution is 5.56. The molecular weight excluding hydrogens is 288 g/mol. The number of rotatable bonds is 5. The van der Waals surface area contributed by atoms with Crippen LogP contribution in [-0.4, -0.2) is 15.1 Å². The number of nitro groups is 1. The lowest BCUT2D eigenvalue weighted by Gasteiger charge is -2.06. The lowest BCUT2D eigenvalue weighted by Crippen LogP contribution is -2.02. The average Bonchev–Trinajstić information content (AvgIpc) is 3.17. The Kier molecular flexibility index (Phi) is 3.57. The topological polar surface area (TPSA) is 107 Å². The Labute approximate surface area is 124 Å². The number of benzene rings is 1. The van der Waals surface area contributed by atoms with Crippen molar-refractivity contribution in [3.8, 4) is 11.6 Å². The Balaban J connectivity index is 1.73. The molecule has 1 N–H and O–H groups in total. The summed E-state index contributed by atoms with van der Waals surface area (Å²) in [7, 11) is 0. The molecule has 0 saturated carbocycles. The predicted molar refractivity (Wildman–Crippen MR) is 77.2 cm³/mol. The third-order valence-corrected chi connectivity index (χ3v) is 3.07. The van der Waals surface area contributed by atoms with E-state index in [4.69, 9.17) is 8.94 Å². The second-order valence-corrected chi connectivity index (χ2v) is 4.60. The van der Waals surface area contributed by atoms with Crippen LogP contribution in [0.25, 0.3) is 11.6 Å². The summed E-state index contributed by atoms with van der Waals surface area (Å²) in [6.07, 6.45) is 1.52. The maximum Gasteiger partial charge on any atom is 0.271 e. The first-order valence-corrected chi connectivity index (χ1v) is 6.49. The molecule has 0 radical (unpaired) electrons. The summed E-state index contributed by atoms with van der Waals surface area (Å²) in [5.41, 5.74) is 1.55. The molecule has 2 aromatic heterocycles. The number of aromatic nitrogens is 2. The van der Waals surface area contributed by atoms with Gasteiger partial charge in [-0.15, -0.1) is 0 Å². The van der Waals surface area contributed by atoms with Gasteiger partial charge in [0.15, 0.2) is 5.76 Å². The summed E-state index contributed by atoms with van der Waals surface area (Å²) in [5.74, 6) is 1.23. The lowest BCUT2D eigenvalue weighted by molar-refractivity contribution is -0.384. The van der Waals surface area contributed by atoms with Crippen molar-refractivity contribution < 1.29 is 13.9 Å². The number of furan rings is 1. The van der Waals surface area contributed by atoms with Gasteiger partial charge in [-0.25, -0.2) is 0 Å². The summed E-state index contributed by atoms with van der Waals surface area (Å²) in [4.78, 5) is 14.5. The number of nitrogens with one attached hydrogen (secondary N) is 1. The van der Waals surface area contributed by atoms with Crippen molar-refractivity contribution in [1.82, 2.24) is 10.1 Å². The Hall–Kier alpha value is -3.16. The summed E-state index contributed by atoms with van der Waals surface area (Å²) in [6, 6.07) is 8.08. The number of hydrogen-bond donors (Lipinski definition) is 1. The molecule has 22 heavy (non-hydrogen) atoms. The Morgan fingerprint density at radius 2 is 2.23 bits per heavy atom. The van der Waals surface area contributed by atoms with Crippen LogP contribution in [0.2, 0.25) is 0 Å². The second-order valence-electron chi connectivity index (χ2n) is 4.60. The third-order valence-electron chi connectivity index (χ3n) is 3.07. The highest BCUT2D eigenvalue weighted by Gasteiger charge is 2.12. The minimum Gasteiger partial charge on any atom is -0.461 e. The highest BCUT2D eigenvalue weighted by atomic mass is 16.6. The van der Waals surface area contributed by atoms with Crippen LogP contribution >= 0.6 is 0 Å². The van der Waals surface area contributed by atoms with Gasteiger partial charge in [0.05, 0.1) is 17.7 Å². The van der Waals surface area contributed by atoms with Gasteiger partial charge in [-0.1, -0.05) is 11.2 Å². The van der Waals surface area contributed by atoms with Crippen LogP contribution in [0.3, 0.4) is 0 Å². The maximum absolute atomic E-state index is 10.8. The van der Waals surface area contributed by atoms with Crippen LogP contribution in [0.5, 0.6) is 0 Å². The Bertz CT molecular complexity index is 795. The quantitative estimate of drug-likeness (QED) is 0.569. The molecule has 3 aromatic rings. The van der Waals surface area contributed by atoms with Crippen molar-refractivity contribution in [2.75, 3.05) is 5.32 Å². The first-order valence-electron chi connectivity index (χ1n) is 6.49. The van der Waals surface area contributed by atoms with Crippen molar-refractivity contribution in [3.05, 3.63) is 58.2 Å². The predicted octanol–water partition coefficient (Wildman–Crippen LogP) is 3.16. The number of anilines is 1. The summed E-state index contributed by atoms with van der Waals surface area (Å²) in [6.45, 7) is 2.11. The van der Waals surface area contributed by atoms with Crippen molar-refractivity contribution in [2.45, 2.75) is 13.5 Å². The molecule has 0 saturated heterocycles. The molecule has 8 nitrogen and oxygen atoms in total. The van der Waals surface area contributed by atoms with Crippen LogP contribution in [0.1, 0.15) is 11.5 Å². The second kappa shape index (κ2) is 5.68. The monoisotopic (exact) mass is 300 g/mol. The SMILES string of the molecule is Cc1ccc([N+](=O)[O-])cc1NCc1nc(-c2ccco2)no1. The van der Waals surface area contributed by atoms with Gasteiger partial charge < -0.3 is 14.3 Å². The minimum absolute atomic E-state index is 0.0231. The zero-order valence-corrected chi connectivity index (χ0v) is 11.6. The third kappa shape index (κ3) is 2.80. The van der Waals surface area contributed by atoms with Gasteiger partial charge in [0, 0.05) is 17.8 Å². The van der Waals surface area contributed by atoms with Gasteiger partial charge in [-0.3, -0.25) is 10.1 Å². The molecule has 0 bridgehead atoms.